The maximum Gasteiger partial charge on any atom is 0.271 e. The number of carbonyl (C=O) groups excluding carboxylic acids is 1. The lowest BCUT2D eigenvalue weighted by Crippen LogP contribution is -2.47. The predicted octanol–water partition coefficient (Wildman–Crippen LogP) is 1.70. The monoisotopic (exact) mass is 344 g/mol. The molecule has 0 spiro atoms. The van der Waals surface area contributed by atoms with Crippen molar-refractivity contribution in [1.29, 1.82) is 0 Å². The highest BCUT2D eigenvalue weighted by molar-refractivity contribution is 7.09. The predicted molar refractivity (Wildman–Crippen MR) is 90.8 cm³/mol. The fourth-order valence-corrected chi connectivity index (χ4v) is 4.35. The van der Waals surface area contributed by atoms with Crippen LogP contribution in [0.3, 0.4) is 0 Å². The van der Waals surface area contributed by atoms with E-state index < -0.39 is 0 Å². The van der Waals surface area contributed by atoms with E-state index in [1.807, 2.05) is 0 Å². The molecule has 24 heavy (non-hydrogen) atoms. The number of ether oxygens (including phenoxy) is 1. The average Bonchev–Trinajstić information content (AvgIpc) is 3.25. The third-order valence-corrected chi connectivity index (χ3v) is 5.54. The summed E-state index contributed by atoms with van der Waals surface area (Å²) in [6.45, 7) is 2.49. The van der Waals surface area contributed by atoms with Crippen LogP contribution in [0.1, 0.15) is 28.2 Å². The second-order valence-corrected chi connectivity index (χ2v) is 7.26. The van der Waals surface area contributed by atoms with Gasteiger partial charge < -0.3 is 10.1 Å². The number of amides is 1. The largest absolute Gasteiger partial charge is 0.374 e. The third kappa shape index (κ3) is 3.19. The molecule has 4 heterocycles. The zero-order chi connectivity index (χ0) is 16.4. The van der Waals surface area contributed by atoms with Crippen molar-refractivity contribution >= 4 is 17.2 Å². The van der Waals surface area contributed by atoms with Crippen molar-refractivity contribution < 1.29 is 9.53 Å². The van der Waals surface area contributed by atoms with Gasteiger partial charge in [-0.15, -0.1) is 11.3 Å². The molecule has 1 N–H and O–H groups in total. The van der Waals surface area contributed by atoms with Crippen LogP contribution in [0.5, 0.6) is 0 Å². The first-order valence-electron chi connectivity index (χ1n) is 8.26. The van der Waals surface area contributed by atoms with Crippen LogP contribution in [0.4, 0.5) is 0 Å². The topological polar surface area (TPSA) is 67.4 Å². The van der Waals surface area contributed by atoms with Gasteiger partial charge in [-0.3, -0.25) is 14.7 Å². The van der Waals surface area contributed by atoms with Crippen molar-refractivity contribution in [1.82, 2.24) is 20.2 Å². The number of fused-ring (bicyclic) bond motifs is 1. The van der Waals surface area contributed by atoms with Crippen molar-refractivity contribution in [3.05, 3.63) is 46.7 Å². The Bertz CT molecular complexity index is 679. The molecule has 3 atom stereocenters. The fraction of sp³-hybridized carbons (Fsp3) is 0.471. The lowest BCUT2D eigenvalue weighted by atomic mass is 10.0. The number of rotatable bonds is 4. The third-order valence-electron chi connectivity index (χ3n) is 4.68. The molecule has 4 rings (SSSR count). The van der Waals surface area contributed by atoms with Crippen LogP contribution in [0.2, 0.25) is 0 Å². The van der Waals surface area contributed by atoms with E-state index in [1.165, 1.54) is 17.3 Å². The Kier molecular flexibility index (Phi) is 4.55. The van der Waals surface area contributed by atoms with Crippen molar-refractivity contribution in [2.45, 2.75) is 37.6 Å². The highest BCUT2D eigenvalue weighted by Gasteiger charge is 2.44. The van der Waals surface area contributed by atoms with Crippen molar-refractivity contribution in [2.24, 2.45) is 0 Å². The van der Waals surface area contributed by atoms with Gasteiger partial charge in [-0.1, -0.05) is 6.07 Å². The summed E-state index contributed by atoms with van der Waals surface area (Å²) >= 11 is 1.77. The molecule has 0 radical (unpaired) electrons. The van der Waals surface area contributed by atoms with Crippen LogP contribution >= 0.6 is 11.3 Å². The van der Waals surface area contributed by atoms with Gasteiger partial charge in [0, 0.05) is 43.0 Å². The molecule has 2 saturated heterocycles. The summed E-state index contributed by atoms with van der Waals surface area (Å²) in [5.74, 6) is -0.181. The van der Waals surface area contributed by atoms with Crippen LogP contribution in [-0.4, -0.2) is 52.1 Å². The van der Waals surface area contributed by atoms with Crippen LogP contribution in [0.15, 0.2) is 36.1 Å². The Balaban J connectivity index is 1.47. The van der Waals surface area contributed by atoms with Gasteiger partial charge in [0.1, 0.15) is 5.69 Å². The minimum absolute atomic E-state index is 0.00947. The van der Waals surface area contributed by atoms with Gasteiger partial charge in [0.05, 0.1) is 18.3 Å². The van der Waals surface area contributed by atoms with Crippen LogP contribution < -0.4 is 5.32 Å². The number of likely N-dealkylation sites (tertiary alicyclic amines) is 1. The highest BCUT2D eigenvalue weighted by atomic mass is 32.1. The molecule has 2 aliphatic rings. The van der Waals surface area contributed by atoms with Crippen LogP contribution in [0.25, 0.3) is 0 Å². The van der Waals surface area contributed by atoms with Crippen LogP contribution in [0, 0.1) is 0 Å². The summed E-state index contributed by atoms with van der Waals surface area (Å²) in [7, 11) is 0. The van der Waals surface area contributed by atoms with E-state index in [9.17, 15) is 4.79 Å². The molecule has 7 heteroatoms. The first-order valence-corrected chi connectivity index (χ1v) is 9.14. The smallest absolute Gasteiger partial charge is 0.271 e. The first-order chi connectivity index (χ1) is 11.8. The lowest BCUT2D eigenvalue weighted by Gasteiger charge is -2.32. The summed E-state index contributed by atoms with van der Waals surface area (Å²) in [5, 5.41) is 5.20. The lowest BCUT2D eigenvalue weighted by molar-refractivity contribution is -0.0210. The van der Waals surface area contributed by atoms with Gasteiger partial charge in [-0.25, -0.2) is 4.98 Å². The number of hydrogen-bond acceptors (Lipinski definition) is 6. The van der Waals surface area contributed by atoms with E-state index in [1.54, 1.807) is 17.5 Å². The molecule has 6 nitrogen and oxygen atoms in total. The fourth-order valence-electron chi connectivity index (χ4n) is 3.62. The maximum absolute atomic E-state index is 12.4. The molecule has 0 unspecified atom stereocenters. The molecular formula is C17H20N4O2S. The van der Waals surface area contributed by atoms with Crippen molar-refractivity contribution in [3.63, 3.8) is 0 Å². The standard InChI is InChI=1S/C17H20N4O2S/c22-17(13-9-18-5-6-19-13)20-14-11-21(10-12-3-2-8-24-12)15-4-1-7-23-16(14)15/h2-3,5-6,8-9,14-16H,1,4,7,10-11H2,(H,20,22)/t14-,15+,16+/m0/s1. The molecule has 0 bridgehead atoms. The van der Waals surface area contributed by atoms with E-state index in [0.717, 1.165) is 32.5 Å². The quantitative estimate of drug-likeness (QED) is 0.914. The molecule has 1 amide bonds. The van der Waals surface area contributed by atoms with Crippen molar-refractivity contribution in [2.75, 3.05) is 13.2 Å². The number of hydrogen-bond donors (Lipinski definition) is 1. The minimum atomic E-state index is -0.181. The van der Waals surface area contributed by atoms with Gasteiger partial charge in [0.2, 0.25) is 0 Å². The Hall–Kier alpha value is -1.83. The average molecular weight is 344 g/mol. The molecule has 2 aromatic rings. The second-order valence-electron chi connectivity index (χ2n) is 6.22. The molecule has 0 aliphatic carbocycles. The summed E-state index contributed by atoms with van der Waals surface area (Å²) in [6.07, 6.45) is 6.84. The minimum Gasteiger partial charge on any atom is -0.374 e. The molecule has 2 fully saturated rings. The number of thiophene rings is 1. The van der Waals surface area contributed by atoms with E-state index in [0.29, 0.717) is 11.7 Å². The Labute approximate surface area is 144 Å². The van der Waals surface area contributed by atoms with Gasteiger partial charge in [0.15, 0.2) is 0 Å². The highest BCUT2D eigenvalue weighted by Crippen LogP contribution is 2.31. The molecule has 126 valence electrons. The SMILES string of the molecule is O=C(N[C@H]1CN(Cc2cccs2)[C@@H]2CCCO[C@H]12)c1cnccn1. The van der Waals surface area contributed by atoms with Crippen LogP contribution in [-0.2, 0) is 11.3 Å². The normalized spacial score (nSPS) is 26.9. The number of nitrogens with zero attached hydrogens (tertiary/aromatic N) is 3. The van der Waals surface area contributed by atoms with E-state index >= 15 is 0 Å². The number of aromatic nitrogens is 2. The number of carbonyl (C=O) groups is 1. The van der Waals surface area contributed by atoms with Crippen molar-refractivity contribution in [3.8, 4) is 0 Å². The van der Waals surface area contributed by atoms with Gasteiger partial charge in [-0.05, 0) is 24.3 Å². The van der Waals surface area contributed by atoms with E-state index in [4.69, 9.17) is 4.74 Å². The summed E-state index contributed by atoms with van der Waals surface area (Å²) in [4.78, 5) is 24.2. The Morgan fingerprint density at radius 1 is 1.46 bits per heavy atom. The molecule has 0 saturated carbocycles. The Morgan fingerprint density at radius 3 is 3.21 bits per heavy atom. The zero-order valence-electron chi connectivity index (χ0n) is 13.3. The first kappa shape index (κ1) is 15.7. The molecule has 0 aromatic carbocycles. The molecule has 2 aliphatic heterocycles. The Morgan fingerprint density at radius 2 is 2.42 bits per heavy atom. The molecular weight excluding hydrogens is 324 g/mol. The summed E-state index contributed by atoms with van der Waals surface area (Å²) < 4.78 is 6.01. The molecule has 2 aromatic heterocycles. The van der Waals surface area contributed by atoms with E-state index in [2.05, 4.69) is 37.7 Å². The summed E-state index contributed by atoms with van der Waals surface area (Å²) in [6, 6.07) is 4.60. The van der Waals surface area contributed by atoms with Gasteiger partial charge >= 0.3 is 0 Å². The van der Waals surface area contributed by atoms with Gasteiger partial charge in [0.25, 0.3) is 5.91 Å². The van der Waals surface area contributed by atoms with E-state index in [-0.39, 0.29) is 18.1 Å². The van der Waals surface area contributed by atoms with Gasteiger partial charge in [-0.2, -0.15) is 0 Å². The zero-order valence-corrected chi connectivity index (χ0v) is 14.1. The summed E-state index contributed by atoms with van der Waals surface area (Å²) in [5.41, 5.74) is 0.349. The number of nitrogens with one attached hydrogen (secondary N) is 1. The second kappa shape index (κ2) is 6.96. The maximum atomic E-state index is 12.4.